The van der Waals surface area contributed by atoms with E-state index in [1.165, 1.54) is 25.1 Å². The molecule has 0 N–H and O–H groups in total. The van der Waals surface area contributed by atoms with Crippen LogP contribution < -0.4 is 15.0 Å². The van der Waals surface area contributed by atoms with Crippen LogP contribution in [-0.4, -0.2) is 23.8 Å². The first kappa shape index (κ1) is 14.9. The minimum atomic E-state index is -0.401. The largest absolute Gasteiger partial charge is 0.496 e. The zero-order valence-electron chi connectivity index (χ0n) is 11.5. The zero-order valence-corrected chi connectivity index (χ0v) is 12.2. The van der Waals surface area contributed by atoms with E-state index in [2.05, 4.69) is 4.98 Å². The number of benzene rings is 1. The quantitative estimate of drug-likeness (QED) is 0.805. The maximum Gasteiger partial charge on any atom is 0.297 e. The summed E-state index contributed by atoms with van der Waals surface area (Å²) in [4.78, 5) is 16.1. The molecule has 0 aliphatic carbocycles. The standard InChI is InChI=1S/C14H12ClN3O3/c1-20-11-4-3-9(6-16)5-10(11)7-18-8-17-13(15)12(21-2)14(18)19/h3-5,8H,7H2,1-2H3. The molecule has 0 aliphatic heterocycles. The topological polar surface area (TPSA) is 77.1 Å². The number of hydrogen-bond donors (Lipinski definition) is 0. The minimum Gasteiger partial charge on any atom is -0.496 e. The second-order valence-corrected chi connectivity index (χ2v) is 4.50. The average Bonchev–Trinajstić information content (AvgIpc) is 2.50. The smallest absolute Gasteiger partial charge is 0.297 e. The molecule has 0 spiro atoms. The lowest BCUT2D eigenvalue weighted by molar-refractivity contribution is 0.397. The molecule has 0 atom stereocenters. The van der Waals surface area contributed by atoms with E-state index in [1.54, 1.807) is 18.2 Å². The van der Waals surface area contributed by atoms with Crippen molar-refractivity contribution in [2.45, 2.75) is 6.54 Å². The number of ether oxygens (including phenoxy) is 2. The summed E-state index contributed by atoms with van der Waals surface area (Å²) in [6.07, 6.45) is 1.33. The number of nitriles is 1. The zero-order chi connectivity index (χ0) is 15.4. The first-order chi connectivity index (χ1) is 10.1. The van der Waals surface area contributed by atoms with Crippen molar-refractivity contribution in [3.05, 3.63) is 51.2 Å². The van der Waals surface area contributed by atoms with Gasteiger partial charge in [0.15, 0.2) is 5.15 Å². The van der Waals surface area contributed by atoms with Crippen molar-refractivity contribution in [3.63, 3.8) is 0 Å². The SMILES string of the molecule is COc1ccc(C#N)cc1Cn1cnc(Cl)c(OC)c1=O. The Kier molecular flexibility index (Phi) is 4.45. The molecular weight excluding hydrogens is 294 g/mol. The van der Waals surface area contributed by atoms with Gasteiger partial charge in [0.25, 0.3) is 5.56 Å². The number of methoxy groups -OCH3 is 2. The maximum atomic E-state index is 12.2. The van der Waals surface area contributed by atoms with E-state index in [0.717, 1.165) is 0 Å². The summed E-state index contributed by atoms with van der Waals surface area (Å²) in [5.41, 5.74) is 0.763. The summed E-state index contributed by atoms with van der Waals surface area (Å²) in [5, 5.41) is 8.97. The third-order valence-corrected chi connectivity index (χ3v) is 3.18. The van der Waals surface area contributed by atoms with Crippen LogP contribution in [0.2, 0.25) is 5.15 Å². The van der Waals surface area contributed by atoms with E-state index in [0.29, 0.717) is 16.9 Å². The third kappa shape index (κ3) is 2.98. The molecule has 0 amide bonds. The molecule has 7 heteroatoms. The van der Waals surface area contributed by atoms with Gasteiger partial charge in [-0.25, -0.2) is 4.98 Å². The normalized spacial score (nSPS) is 10.0. The number of nitrogens with zero attached hydrogens (tertiary/aromatic N) is 3. The van der Waals surface area contributed by atoms with Gasteiger partial charge in [0.05, 0.1) is 38.7 Å². The molecule has 0 radical (unpaired) electrons. The molecule has 2 aromatic rings. The average molecular weight is 306 g/mol. The second kappa shape index (κ2) is 6.29. The van der Waals surface area contributed by atoms with E-state index >= 15 is 0 Å². The summed E-state index contributed by atoms with van der Waals surface area (Å²) in [6.45, 7) is 0.193. The van der Waals surface area contributed by atoms with Gasteiger partial charge >= 0.3 is 0 Å². The van der Waals surface area contributed by atoms with Crippen molar-refractivity contribution >= 4 is 11.6 Å². The Balaban J connectivity index is 2.48. The van der Waals surface area contributed by atoms with Gasteiger partial charge in [-0.15, -0.1) is 0 Å². The summed E-state index contributed by atoms with van der Waals surface area (Å²) in [6, 6.07) is 7.03. The van der Waals surface area contributed by atoms with Crippen molar-refractivity contribution in [3.8, 4) is 17.6 Å². The van der Waals surface area contributed by atoms with Crippen LogP contribution in [-0.2, 0) is 6.54 Å². The van der Waals surface area contributed by atoms with Crippen molar-refractivity contribution in [1.29, 1.82) is 5.26 Å². The minimum absolute atomic E-state index is 0.0106. The number of halogens is 1. The summed E-state index contributed by atoms with van der Waals surface area (Å²) >= 11 is 5.79. The fraction of sp³-hybridized carbons (Fsp3) is 0.214. The predicted molar refractivity (Wildman–Crippen MR) is 76.9 cm³/mol. The summed E-state index contributed by atoms with van der Waals surface area (Å²) < 4.78 is 11.5. The van der Waals surface area contributed by atoms with Crippen LogP contribution in [0.1, 0.15) is 11.1 Å². The molecule has 21 heavy (non-hydrogen) atoms. The highest BCUT2D eigenvalue weighted by Crippen LogP contribution is 2.21. The van der Waals surface area contributed by atoms with Gasteiger partial charge in [-0.05, 0) is 18.2 Å². The van der Waals surface area contributed by atoms with Gasteiger partial charge < -0.3 is 9.47 Å². The van der Waals surface area contributed by atoms with Gasteiger partial charge in [0, 0.05) is 5.56 Å². The molecule has 0 bridgehead atoms. The Hall–Kier alpha value is -2.52. The van der Waals surface area contributed by atoms with Crippen LogP contribution in [0.15, 0.2) is 29.3 Å². The van der Waals surface area contributed by atoms with E-state index < -0.39 is 5.56 Å². The van der Waals surface area contributed by atoms with Crippen molar-refractivity contribution < 1.29 is 9.47 Å². The number of aromatic nitrogens is 2. The number of hydrogen-bond acceptors (Lipinski definition) is 5. The van der Waals surface area contributed by atoms with E-state index in [1.807, 2.05) is 6.07 Å². The van der Waals surface area contributed by atoms with Crippen LogP contribution in [0.5, 0.6) is 11.5 Å². The third-order valence-electron chi connectivity index (χ3n) is 2.91. The fourth-order valence-electron chi connectivity index (χ4n) is 1.89. The van der Waals surface area contributed by atoms with Crippen molar-refractivity contribution in [2.24, 2.45) is 0 Å². The van der Waals surface area contributed by atoms with Gasteiger partial charge in [-0.1, -0.05) is 11.6 Å². The van der Waals surface area contributed by atoms with Gasteiger partial charge in [0.1, 0.15) is 5.75 Å². The van der Waals surface area contributed by atoms with Crippen LogP contribution in [0.4, 0.5) is 0 Å². The Labute approximate surface area is 126 Å². The lowest BCUT2D eigenvalue weighted by atomic mass is 10.1. The molecular formula is C14H12ClN3O3. The monoisotopic (exact) mass is 305 g/mol. The van der Waals surface area contributed by atoms with E-state index in [4.69, 9.17) is 26.3 Å². The second-order valence-electron chi connectivity index (χ2n) is 4.14. The fourth-order valence-corrected chi connectivity index (χ4v) is 2.09. The van der Waals surface area contributed by atoms with Gasteiger partial charge in [0.2, 0.25) is 5.75 Å². The molecule has 2 rings (SSSR count). The molecule has 1 aromatic heterocycles. The molecule has 108 valence electrons. The Morgan fingerprint density at radius 2 is 2.14 bits per heavy atom. The molecule has 0 aliphatic rings. The Morgan fingerprint density at radius 3 is 2.76 bits per heavy atom. The summed E-state index contributed by atoms with van der Waals surface area (Å²) in [5.74, 6) is 0.560. The van der Waals surface area contributed by atoms with E-state index in [-0.39, 0.29) is 17.4 Å². The lowest BCUT2D eigenvalue weighted by Gasteiger charge is -2.11. The maximum absolute atomic E-state index is 12.2. The Bertz CT molecular complexity index is 765. The highest BCUT2D eigenvalue weighted by Gasteiger charge is 2.12. The van der Waals surface area contributed by atoms with Crippen LogP contribution >= 0.6 is 11.6 Å². The number of rotatable bonds is 4. The highest BCUT2D eigenvalue weighted by atomic mass is 35.5. The van der Waals surface area contributed by atoms with Crippen LogP contribution in [0, 0.1) is 11.3 Å². The molecule has 1 heterocycles. The van der Waals surface area contributed by atoms with Gasteiger partial charge in [-0.2, -0.15) is 5.26 Å². The molecule has 0 saturated carbocycles. The molecule has 0 fully saturated rings. The van der Waals surface area contributed by atoms with E-state index in [9.17, 15) is 4.79 Å². The first-order valence-corrected chi connectivity index (χ1v) is 6.34. The van der Waals surface area contributed by atoms with Crippen LogP contribution in [0.25, 0.3) is 0 Å². The first-order valence-electron chi connectivity index (χ1n) is 5.96. The molecule has 0 saturated heterocycles. The van der Waals surface area contributed by atoms with Gasteiger partial charge in [-0.3, -0.25) is 9.36 Å². The Morgan fingerprint density at radius 1 is 1.38 bits per heavy atom. The van der Waals surface area contributed by atoms with Crippen molar-refractivity contribution in [1.82, 2.24) is 9.55 Å². The lowest BCUT2D eigenvalue weighted by Crippen LogP contribution is -2.23. The summed E-state index contributed by atoms with van der Waals surface area (Å²) in [7, 11) is 2.87. The van der Waals surface area contributed by atoms with Crippen molar-refractivity contribution in [2.75, 3.05) is 14.2 Å². The molecule has 1 aromatic carbocycles. The molecule has 0 unspecified atom stereocenters. The molecule has 6 nitrogen and oxygen atoms in total. The highest BCUT2D eigenvalue weighted by molar-refractivity contribution is 6.30. The predicted octanol–water partition coefficient (Wildman–Crippen LogP) is 1.83. The van der Waals surface area contributed by atoms with Crippen LogP contribution in [0.3, 0.4) is 0 Å².